The number of hydrogen-bond acceptors (Lipinski definition) is 4. The van der Waals surface area contributed by atoms with Crippen LogP contribution in [0.3, 0.4) is 0 Å². The molecule has 1 aromatic carbocycles. The van der Waals surface area contributed by atoms with Crippen molar-refractivity contribution in [1.82, 2.24) is 0 Å². The van der Waals surface area contributed by atoms with Crippen molar-refractivity contribution in [3.63, 3.8) is 0 Å². The number of ether oxygens (including phenoxy) is 1. The highest BCUT2D eigenvalue weighted by Gasteiger charge is 2.28. The Hall–Kier alpha value is -2.34. The lowest BCUT2D eigenvalue weighted by Crippen LogP contribution is -2.30. The van der Waals surface area contributed by atoms with Crippen molar-refractivity contribution in [3.05, 3.63) is 45.8 Å². The number of carbonyl (C=O) groups excluding carboxylic acids is 2. The Labute approximate surface area is 157 Å². The number of nitrogens with one attached hydrogen (secondary N) is 1. The standard InChI is InChI=1S/C20H24N2O3S/c1-11-4-7-14(8-5-11)25-13(3)19(24)22-20-17(18(21)23)15-9-6-12(2)10-16(15)26-20/h4-5,7-8,12-13H,6,9-10H2,1-3H3,(H2,21,23)(H,22,24)/t12-,13-/m0/s1. The Morgan fingerprint density at radius 3 is 2.65 bits per heavy atom. The summed E-state index contributed by atoms with van der Waals surface area (Å²) in [5, 5.41) is 3.39. The van der Waals surface area contributed by atoms with Crippen molar-refractivity contribution >= 4 is 28.2 Å². The molecule has 2 amide bonds. The van der Waals surface area contributed by atoms with E-state index >= 15 is 0 Å². The molecule has 0 saturated heterocycles. The summed E-state index contributed by atoms with van der Waals surface area (Å²) in [5.74, 6) is 0.432. The predicted octanol–water partition coefficient (Wildman–Crippen LogP) is 3.69. The van der Waals surface area contributed by atoms with E-state index in [1.807, 2.05) is 31.2 Å². The molecule has 0 fully saturated rings. The van der Waals surface area contributed by atoms with Crippen molar-refractivity contribution in [3.8, 4) is 5.75 Å². The van der Waals surface area contributed by atoms with Gasteiger partial charge in [0.25, 0.3) is 11.8 Å². The molecule has 1 aromatic heterocycles. The molecule has 3 N–H and O–H groups in total. The summed E-state index contributed by atoms with van der Waals surface area (Å²) in [7, 11) is 0. The highest BCUT2D eigenvalue weighted by Crippen LogP contribution is 2.39. The summed E-state index contributed by atoms with van der Waals surface area (Å²) < 4.78 is 5.70. The highest BCUT2D eigenvalue weighted by atomic mass is 32.1. The second-order valence-corrected chi connectivity index (χ2v) is 8.09. The minimum Gasteiger partial charge on any atom is -0.481 e. The van der Waals surface area contributed by atoms with E-state index in [-0.39, 0.29) is 5.91 Å². The Balaban J connectivity index is 1.76. The van der Waals surface area contributed by atoms with E-state index in [0.29, 0.717) is 22.2 Å². The first kappa shape index (κ1) is 18.5. The molecule has 1 aliphatic carbocycles. The number of aryl methyl sites for hydroxylation is 1. The van der Waals surface area contributed by atoms with Crippen LogP contribution < -0.4 is 15.8 Å². The van der Waals surface area contributed by atoms with Crippen LogP contribution in [0.5, 0.6) is 5.75 Å². The topological polar surface area (TPSA) is 81.4 Å². The van der Waals surface area contributed by atoms with Crippen molar-refractivity contribution in [1.29, 1.82) is 0 Å². The number of nitrogens with two attached hydrogens (primary N) is 1. The summed E-state index contributed by atoms with van der Waals surface area (Å²) in [6.07, 6.45) is 2.10. The van der Waals surface area contributed by atoms with E-state index in [2.05, 4.69) is 12.2 Å². The number of anilines is 1. The van der Waals surface area contributed by atoms with E-state index in [1.165, 1.54) is 11.3 Å². The van der Waals surface area contributed by atoms with Crippen LogP contribution in [0.25, 0.3) is 0 Å². The molecule has 0 aliphatic heterocycles. The lowest BCUT2D eigenvalue weighted by molar-refractivity contribution is -0.122. The van der Waals surface area contributed by atoms with Gasteiger partial charge in [-0.25, -0.2) is 0 Å². The molecular weight excluding hydrogens is 348 g/mol. The summed E-state index contributed by atoms with van der Waals surface area (Å²) >= 11 is 1.46. The SMILES string of the molecule is Cc1ccc(O[C@@H](C)C(=O)Nc2sc3c(c2C(N)=O)CC[C@H](C)C3)cc1. The maximum Gasteiger partial charge on any atom is 0.265 e. The molecule has 2 aromatic rings. The molecule has 0 radical (unpaired) electrons. The van der Waals surface area contributed by atoms with E-state index in [1.54, 1.807) is 6.92 Å². The number of thiophene rings is 1. The predicted molar refractivity (Wildman–Crippen MR) is 104 cm³/mol. The monoisotopic (exact) mass is 372 g/mol. The maximum atomic E-state index is 12.6. The summed E-state index contributed by atoms with van der Waals surface area (Å²) in [6, 6.07) is 7.53. The van der Waals surface area contributed by atoms with Gasteiger partial charge in [0.1, 0.15) is 10.8 Å². The maximum absolute atomic E-state index is 12.6. The van der Waals surface area contributed by atoms with Gasteiger partial charge < -0.3 is 15.8 Å². The number of primary amides is 1. The second kappa shape index (κ2) is 7.50. The van der Waals surface area contributed by atoms with Gasteiger partial charge in [0.2, 0.25) is 0 Å². The largest absolute Gasteiger partial charge is 0.481 e. The van der Waals surface area contributed by atoms with E-state index in [0.717, 1.165) is 35.3 Å². The lowest BCUT2D eigenvalue weighted by atomic mass is 9.88. The molecule has 0 spiro atoms. The van der Waals surface area contributed by atoms with E-state index < -0.39 is 12.0 Å². The van der Waals surface area contributed by atoms with Gasteiger partial charge in [0.15, 0.2) is 6.10 Å². The minimum absolute atomic E-state index is 0.292. The molecule has 1 heterocycles. The number of hydrogen-bond donors (Lipinski definition) is 2. The second-order valence-electron chi connectivity index (χ2n) is 6.98. The molecular formula is C20H24N2O3S. The van der Waals surface area contributed by atoms with Gasteiger partial charge in [-0.1, -0.05) is 24.6 Å². The average Bonchev–Trinajstić information content (AvgIpc) is 2.93. The van der Waals surface area contributed by atoms with Crippen LogP contribution in [0.4, 0.5) is 5.00 Å². The summed E-state index contributed by atoms with van der Waals surface area (Å²) in [4.78, 5) is 25.7. The van der Waals surface area contributed by atoms with Crippen LogP contribution >= 0.6 is 11.3 Å². The van der Waals surface area contributed by atoms with Crippen LogP contribution in [0, 0.1) is 12.8 Å². The Morgan fingerprint density at radius 1 is 1.31 bits per heavy atom. The zero-order valence-corrected chi connectivity index (χ0v) is 16.1. The molecule has 0 saturated carbocycles. The fourth-order valence-electron chi connectivity index (χ4n) is 3.19. The van der Waals surface area contributed by atoms with Gasteiger partial charge in [-0.2, -0.15) is 0 Å². The summed E-state index contributed by atoms with van der Waals surface area (Å²) in [5.41, 5.74) is 8.18. The third kappa shape index (κ3) is 3.90. The zero-order valence-electron chi connectivity index (χ0n) is 15.3. The molecule has 0 bridgehead atoms. The number of rotatable bonds is 5. The molecule has 2 atom stereocenters. The van der Waals surface area contributed by atoms with E-state index in [9.17, 15) is 9.59 Å². The highest BCUT2D eigenvalue weighted by molar-refractivity contribution is 7.17. The van der Waals surface area contributed by atoms with Gasteiger partial charge in [0, 0.05) is 4.88 Å². The number of carbonyl (C=O) groups is 2. The number of amides is 2. The molecule has 138 valence electrons. The minimum atomic E-state index is -0.684. The molecule has 26 heavy (non-hydrogen) atoms. The van der Waals surface area contributed by atoms with Crippen molar-refractivity contribution in [2.75, 3.05) is 5.32 Å². The fraction of sp³-hybridized carbons (Fsp3) is 0.400. The van der Waals surface area contributed by atoms with Crippen LogP contribution in [0.1, 0.15) is 46.6 Å². The summed E-state index contributed by atoms with van der Waals surface area (Å²) in [6.45, 7) is 5.88. The number of benzene rings is 1. The average molecular weight is 372 g/mol. The lowest BCUT2D eigenvalue weighted by Gasteiger charge is -2.18. The first-order valence-corrected chi connectivity index (χ1v) is 9.65. The van der Waals surface area contributed by atoms with Crippen LogP contribution in [0.15, 0.2) is 24.3 Å². The van der Waals surface area contributed by atoms with Crippen molar-refractivity contribution < 1.29 is 14.3 Å². The third-order valence-corrected chi connectivity index (χ3v) is 5.87. The van der Waals surface area contributed by atoms with Crippen LogP contribution in [-0.2, 0) is 17.6 Å². The smallest absolute Gasteiger partial charge is 0.265 e. The van der Waals surface area contributed by atoms with Gasteiger partial charge in [-0.15, -0.1) is 11.3 Å². The zero-order chi connectivity index (χ0) is 18.8. The fourth-order valence-corrected chi connectivity index (χ4v) is 4.61. The van der Waals surface area contributed by atoms with Gasteiger partial charge in [-0.05, 0) is 56.7 Å². The van der Waals surface area contributed by atoms with Crippen LogP contribution in [0.2, 0.25) is 0 Å². The Morgan fingerprint density at radius 2 is 2.00 bits per heavy atom. The van der Waals surface area contributed by atoms with E-state index in [4.69, 9.17) is 10.5 Å². The molecule has 3 rings (SSSR count). The van der Waals surface area contributed by atoms with Gasteiger partial charge >= 0.3 is 0 Å². The van der Waals surface area contributed by atoms with Crippen molar-refractivity contribution in [2.45, 2.75) is 46.1 Å². The molecule has 5 nitrogen and oxygen atoms in total. The van der Waals surface area contributed by atoms with Crippen molar-refractivity contribution in [2.24, 2.45) is 11.7 Å². The normalized spacial score (nSPS) is 17.3. The van der Waals surface area contributed by atoms with Gasteiger partial charge in [-0.3, -0.25) is 9.59 Å². The molecule has 0 unspecified atom stereocenters. The number of fused-ring (bicyclic) bond motifs is 1. The quantitative estimate of drug-likeness (QED) is 0.840. The first-order chi connectivity index (χ1) is 12.3. The Bertz CT molecular complexity index is 826. The third-order valence-electron chi connectivity index (χ3n) is 4.70. The Kier molecular flexibility index (Phi) is 5.32. The van der Waals surface area contributed by atoms with Crippen LogP contribution in [-0.4, -0.2) is 17.9 Å². The first-order valence-electron chi connectivity index (χ1n) is 8.83. The molecule has 1 aliphatic rings. The van der Waals surface area contributed by atoms with Gasteiger partial charge in [0.05, 0.1) is 5.56 Å². The molecule has 6 heteroatoms.